The fourth-order valence-corrected chi connectivity index (χ4v) is 2.03. The van der Waals surface area contributed by atoms with Crippen molar-refractivity contribution in [2.45, 2.75) is 0 Å². The van der Waals surface area contributed by atoms with E-state index in [2.05, 4.69) is 0 Å². The van der Waals surface area contributed by atoms with Crippen LogP contribution in [0.5, 0.6) is 0 Å². The number of nitrogens with zero attached hydrogens (tertiary/aromatic N) is 2. The monoisotopic (exact) mass is 312 g/mol. The molecule has 0 aliphatic rings. The summed E-state index contributed by atoms with van der Waals surface area (Å²) in [5.41, 5.74) is 0.499. The summed E-state index contributed by atoms with van der Waals surface area (Å²) in [6, 6.07) is 13.7. The van der Waals surface area contributed by atoms with E-state index in [9.17, 15) is 25.0 Å². The number of hydrogen-bond donors (Lipinski definition) is 0. The van der Waals surface area contributed by atoms with Gasteiger partial charge in [-0.2, -0.15) is 0 Å². The fraction of sp³-hybridized carbons (Fsp3) is 0.0625. The average molecular weight is 312 g/mol. The standard InChI is InChI=1S/C16H12N2O5/c19-16(13-6-2-1-3-7-13)14(11-17(20)21)9-12-5-4-8-15(10-12)18(22)23/h1-10H,11H2/b14-9+. The number of hydrogen-bond acceptors (Lipinski definition) is 5. The zero-order chi connectivity index (χ0) is 16.8. The Morgan fingerprint density at radius 2 is 1.70 bits per heavy atom. The molecule has 2 aromatic rings. The second-order valence-corrected chi connectivity index (χ2v) is 4.71. The molecule has 0 spiro atoms. The van der Waals surface area contributed by atoms with E-state index in [1.165, 1.54) is 24.3 Å². The lowest BCUT2D eigenvalue weighted by atomic mass is 10.0. The van der Waals surface area contributed by atoms with E-state index < -0.39 is 22.2 Å². The number of benzene rings is 2. The van der Waals surface area contributed by atoms with Gasteiger partial charge in [0.2, 0.25) is 6.54 Å². The predicted molar refractivity (Wildman–Crippen MR) is 83.7 cm³/mol. The van der Waals surface area contributed by atoms with E-state index in [0.717, 1.165) is 0 Å². The molecule has 0 atom stereocenters. The molecule has 0 amide bonds. The Morgan fingerprint density at radius 1 is 1.00 bits per heavy atom. The number of Topliss-reactive ketones (excluding diaryl/α,β-unsaturated/α-hetero) is 1. The van der Waals surface area contributed by atoms with Crippen LogP contribution in [0.25, 0.3) is 6.08 Å². The third-order valence-electron chi connectivity index (χ3n) is 3.05. The van der Waals surface area contributed by atoms with Crippen molar-refractivity contribution >= 4 is 17.5 Å². The van der Waals surface area contributed by atoms with Crippen LogP contribution in [0.4, 0.5) is 5.69 Å². The van der Waals surface area contributed by atoms with Crippen LogP contribution < -0.4 is 0 Å². The van der Waals surface area contributed by atoms with Gasteiger partial charge in [-0.3, -0.25) is 25.0 Å². The van der Waals surface area contributed by atoms with E-state index in [0.29, 0.717) is 11.1 Å². The van der Waals surface area contributed by atoms with E-state index in [1.807, 2.05) is 0 Å². The highest BCUT2D eigenvalue weighted by Crippen LogP contribution is 2.18. The molecule has 2 aromatic carbocycles. The highest BCUT2D eigenvalue weighted by Gasteiger charge is 2.17. The number of nitro benzene ring substituents is 1. The van der Waals surface area contributed by atoms with Crippen LogP contribution in [-0.4, -0.2) is 22.2 Å². The maximum Gasteiger partial charge on any atom is 0.270 e. The lowest BCUT2D eigenvalue weighted by Crippen LogP contribution is -2.13. The van der Waals surface area contributed by atoms with Gasteiger partial charge in [0.05, 0.1) is 10.5 Å². The lowest BCUT2D eigenvalue weighted by Gasteiger charge is -2.03. The molecule has 7 nitrogen and oxygen atoms in total. The molecular formula is C16H12N2O5. The third-order valence-corrected chi connectivity index (χ3v) is 3.05. The largest absolute Gasteiger partial charge is 0.289 e. The Balaban J connectivity index is 2.42. The van der Waals surface area contributed by atoms with Crippen molar-refractivity contribution in [1.29, 1.82) is 0 Å². The van der Waals surface area contributed by atoms with E-state index in [-0.39, 0.29) is 11.3 Å². The lowest BCUT2D eigenvalue weighted by molar-refractivity contribution is -0.469. The summed E-state index contributed by atoms with van der Waals surface area (Å²) in [4.78, 5) is 32.8. The fourth-order valence-electron chi connectivity index (χ4n) is 2.03. The van der Waals surface area contributed by atoms with Crippen LogP contribution in [0.3, 0.4) is 0 Å². The Hall–Kier alpha value is -3.35. The van der Waals surface area contributed by atoms with Crippen molar-refractivity contribution < 1.29 is 14.6 Å². The van der Waals surface area contributed by atoms with Crippen LogP contribution in [0.1, 0.15) is 15.9 Å². The minimum Gasteiger partial charge on any atom is -0.289 e. The van der Waals surface area contributed by atoms with Gasteiger partial charge in [0.1, 0.15) is 0 Å². The molecule has 0 bridgehead atoms. The van der Waals surface area contributed by atoms with Gasteiger partial charge in [0, 0.05) is 22.6 Å². The zero-order valence-electron chi connectivity index (χ0n) is 11.9. The van der Waals surface area contributed by atoms with Gasteiger partial charge in [0.15, 0.2) is 5.78 Å². The molecule has 0 saturated carbocycles. The molecule has 23 heavy (non-hydrogen) atoms. The molecule has 116 valence electrons. The second kappa shape index (κ2) is 7.08. The maximum atomic E-state index is 12.4. The van der Waals surface area contributed by atoms with Gasteiger partial charge in [-0.05, 0) is 11.6 Å². The quantitative estimate of drug-likeness (QED) is 0.353. The van der Waals surface area contributed by atoms with Gasteiger partial charge in [-0.25, -0.2) is 0 Å². The first-order chi connectivity index (χ1) is 11.0. The summed E-state index contributed by atoms with van der Waals surface area (Å²) < 4.78 is 0. The van der Waals surface area contributed by atoms with Crippen molar-refractivity contribution in [2.24, 2.45) is 0 Å². The summed E-state index contributed by atoms with van der Waals surface area (Å²) >= 11 is 0. The number of non-ortho nitro benzene ring substituents is 1. The summed E-state index contributed by atoms with van der Waals surface area (Å²) in [6.45, 7) is -0.656. The molecule has 0 radical (unpaired) electrons. The first-order valence-corrected chi connectivity index (χ1v) is 6.64. The Bertz CT molecular complexity index is 784. The van der Waals surface area contributed by atoms with E-state index >= 15 is 0 Å². The van der Waals surface area contributed by atoms with Gasteiger partial charge in [-0.15, -0.1) is 0 Å². The highest BCUT2D eigenvalue weighted by molar-refractivity contribution is 6.11. The number of carbonyl (C=O) groups is 1. The van der Waals surface area contributed by atoms with Gasteiger partial charge in [0.25, 0.3) is 5.69 Å². The maximum absolute atomic E-state index is 12.4. The molecule has 0 aromatic heterocycles. The van der Waals surface area contributed by atoms with Crippen LogP contribution in [0.2, 0.25) is 0 Å². The number of nitro groups is 2. The Kier molecular flexibility index (Phi) is 4.93. The number of carbonyl (C=O) groups excluding carboxylic acids is 1. The van der Waals surface area contributed by atoms with Gasteiger partial charge >= 0.3 is 0 Å². The molecule has 0 saturated heterocycles. The van der Waals surface area contributed by atoms with Gasteiger partial charge in [-0.1, -0.05) is 42.5 Å². The summed E-state index contributed by atoms with van der Waals surface area (Å²) in [5.74, 6) is -0.478. The SMILES string of the molecule is O=C(/C(=C/c1cccc([N+](=O)[O-])c1)C[N+](=O)[O-])c1ccccc1. The Morgan fingerprint density at radius 3 is 2.30 bits per heavy atom. The van der Waals surface area contributed by atoms with E-state index in [1.54, 1.807) is 36.4 Å². The number of rotatable bonds is 6. The smallest absolute Gasteiger partial charge is 0.270 e. The highest BCUT2D eigenvalue weighted by atomic mass is 16.6. The summed E-state index contributed by atoms with van der Waals surface area (Å²) in [5, 5.41) is 21.6. The molecule has 0 aliphatic heterocycles. The molecule has 2 rings (SSSR count). The van der Waals surface area contributed by atoms with Crippen molar-refractivity contribution in [2.75, 3.05) is 6.54 Å². The van der Waals surface area contributed by atoms with Crippen LogP contribution in [-0.2, 0) is 0 Å². The van der Waals surface area contributed by atoms with Gasteiger partial charge < -0.3 is 0 Å². The molecule has 0 fully saturated rings. The molecule has 0 aliphatic carbocycles. The summed E-state index contributed by atoms with van der Waals surface area (Å²) in [7, 11) is 0. The molecule has 0 unspecified atom stereocenters. The van der Waals surface area contributed by atoms with Crippen LogP contribution >= 0.6 is 0 Å². The third kappa shape index (κ3) is 4.31. The molecule has 0 heterocycles. The Labute approximate surface area is 131 Å². The second-order valence-electron chi connectivity index (χ2n) is 4.71. The minimum atomic E-state index is -0.656. The molecule has 7 heteroatoms. The average Bonchev–Trinajstić information content (AvgIpc) is 2.54. The molecular weight excluding hydrogens is 300 g/mol. The van der Waals surface area contributed by atoms with Crippen LogP contribution in [0.15, 0.2) is 60.2 Å². The van der Waals surface area contributed by atoms with E-state index in [4.69, 9.17) is 0 Å². The topological polar surface area (TPSA) is 103 Å². The van der Waals surface area contributed by atoms with Crippen LogP contribution in [0, 0.1) is 20.2 Å². The van der Waals surface area contributed by atoms with Crippen molar-refractivity contribution in [1.82, 2.24) is 0 Å². The minimum absolute atomic E-state index is 0.0401. The van der Waals surface area contributed by atoms with Crippen molar-refractivity contribution in [3.63, 3.8) is 0 Å². The normalized spacial score (nSPS) is 11.0. The van der Waals surface area contributed by atoms with Crippen molar-refractivity contribution in [3.05, 3.63) is 91.5 Å². The zero-order valence-corrected chi connectivity index (χ0v) is 11.9. The van der Waals surface area contributed by atoms with Crippen molar-refractivity contribution in [3.8, 4) is 0 Å². The first-order valence-electron chi connectivity index (χ1n) is 6.64. The predicted octanol–water partition coefficient (Wildman–Crippen LogP) is 3.14. The first kappa shape index (κ1) is 16.0. The number of ketones is 1. The molecule has 0 N–H and O–H groups in total. The summed E-state index contributed by atoms with van der Waals surface area (Å²) in [6.07, 6.45) is 1.31.